The minimum Gasteiger partial charge on any atom is -0.472 e. The van der Waals surface area contributed by atoms with Gasteiger partial charge in [0.15, 0.2) is 6.23 Å². The second-order valence-corrected chi connectivity index (χ2v) is 4.18. The number of anilines is 1. The van der Waals surface area contributed by atoms with Crippen LogP contribution in [-0.2, 0) is 4.74 Å². The van der Waals surface area contributed by atoms with Crippen molar-refractivity contribution in [2.24, 2.45) is 0 Å². The summed E-state index contributed by atoms with van der Waals surface area (Å²) < 4.78 is 5.35. The molecule has 2 nitrogen and oxygen atoms in total. The van der Waals surface area contributed by atoms with Crippen molar-refractivity contribution in [2.45, 2.75) is 6.23 Å². The fourth-order valence-corrected chi connectivity index (χ4v) is 2.46. The van der Waals surface area contributed by atoms with Crippen molar-refractivity contribution in [3.8, 4) is 0 Å². The number of nitrogens with one attached hydrogen (secondary N) is 1. The summed E-state index contributed by atoms with van der Waals surface area (Å²) in [6.07, 6.45) is 1.27. The minimum absolute atomic E-state index is 0.250. The monoisotopic (exact) mass is 239 g/mol. The lowest BCUT2D eigenvalue weighted by molar-refractivity contribution is 0.222. The molecular weight excluding hydrogens is 233 g/mol. The van der Waals surface area contributed by atoms with Crippen molar-refractivity contribution < 1.29 is 4.74 Å². The molecule has 0 radical (unpaired) electrons. The molecule has 0 amide bonds. The van der Waals surface area contributed by atoms with Gasteiger partial charge in [-0.3, -0.25) is 0 Å². The second-order valence-electron chi connectivity index (χ2n) is 3.40. The number of benzene rings is 1. The molecule has 1 atom stereocenters. The Balaban J connectivity index is 2.22. The smallest absolute Gasteiger partial charge is 0.198 e. The molecule has 76 valence electrons. The maximum atomic E-state index is 6.28. The van der Waals surface area contributed by atoms with Gasteiger partial charge in [-0.2, -0.15) is 0 Å². The molecule has 0 saturated heterocycles. The van der Waals surface area contributed by atoms with Gasteiger partial charge >= 0.3 is 0 Å². The van der Waals surface area contributed by atoms with Gasteiger partial charge in [0.05, 0.1) is 15.6 Å². The third kappa shape index (κ3) is 1.25. The number of fused-ring (bicyclic) bond motifs is 2. The molecule has 4 heteroatoms. The summed E-state index contributed by atoms with van der Waals surface area (Å²) in [6.45, 7) is 0. The van der Waals surface area contributed by atoms with E-state index >= 15 is 0 Å². The Morgan fingerprint density at radius 2 is 2.00 bits per heavy atom. The van der Waals surface area contributed by atoms with Crippen LogP contribution in [0.3, 0.4) is 0 Å². The van der Waals surface area contributed by atoms with E-state index < -0.39 is 0 Å². The van der Waals surface area contributed by atoms with Crippen molar-refractivity contribution in [3.63, 3.8) is 0 Å². The number of halogens is 2. The van der Waals surface area contributed by atoms with Crippen LogP contribution in [-0.4, -0.2) is 6.23 Å². The van der Waals surface area contributed by atoms with Crippen LogP contribution in [0.5, 0.6) is 0 Å². The molecule has 2 aliphatic rings. The largest absolute Gasteiger partial charge is 0.472 e. The Hall–Kier alpha value is -1.12. The average Bonchev–Trinajstić information content (AvgIpc) is 2.61. The number of para-hydroxylation sites is 1. The van der Waals surface area contributed by atoms with Crippen LogP contribution in [0.1, 0.15) is 5.56 Å². The first kappa shape index (κ1) is 9.13. The summed E-state index contributed by atoms with van der Waals surface area (Å²) in [5.74, 6) is 0. The topological polar surface area (TPSA) is 21.3 Å². The zero-order chi connectivity index (χ0) is 10.4. The van der Waals surface area contributed by atoms with E-state index in [-0.39, 0.29) is 6.23 Å². The molecule has 2 heterocycles. The van der Waals surface area contributed by atoms with Gasteiger partial charge in [-0.1, -0.05) is 41.4 Å². The molecule has 1 N–H and O–H groups in total. The van der Waals surface area contributed by atoms with Crippen molar-refractivity contribution in [3.05, 3.63) is 46.7 Å². The van der Waals surface area contributed by atoms with Gasteiger partial charge in [0, 0.05) is 11.3 Å². The molecule has 0 aromatic heterocycles. The quantitative estimate of drug-likeness (QED) is 0.749. The molecular formula is C11H7Cl2NO. The summed E-state index contributed by atoms with van der Waals surface area (Å²) >= 11 is 12.3. The van der Waals surface area contributed by atoms with Crippen molar-refractivity contribution in [1.82, 2.24) is 0 Å². The Labute approximate surface area is 97.1 Å². The molecule has 0 saturated carbocycles. The molecule has 0 aliphatic carbocycles. The predicted octanol–water partition coefficient (Wildman–Crippen LogP) is 3.50. The van der Waals surface area contributed by atoms with Crippen LogP contribution in [0.4, 0.5) is 5.69 Å². The molecule has 2 aliphatic heterocycles. The molecule has 15 heavy (non-hydrogen) atoms. The minimum atomic E-state index is -0.250. The van der Waals surface area contributed by atoms with Crippen molar-refractivity contribution in [2.75, 3.05) is 5.32 Å². The van der Waals surface area contributed by atoms with Gasteiger partial charge in [0.25, 0.3) is 0 Å². The lowest BCUT2D eigenvalue weighted by Gasteiger charge is -2.24. The highest BCUT2D eigenvalue weighted by Crippen LogP contribution is 2.43. The molecule has 3 rings (SSSR count). The first-order chi connectivity index (χ1) is 7.27. The Morgan fingerprint density at radius 3 is 2.87 bits per heavy atom. The van der Waals surface area contributed by atoms with Crippen LogP contribution >= 0.6 is 23.2 Å². The van der Waals surface area contributed by atoms with E-state index in [1.54, 1.807) is 0 Å². The van der Waals surface area contributed by atoms with Gasteiger partial charge in [-0.25, -0.2) is 0 Å². The summed E-state index contributed by atoms with van der Waals surface area (Å²) in [7, 11) is 0. The zero-order valence-corrected chi connectivity index (χ0v) is 9.14. The molecule has 1 unspecified atom stereocenters. The molecule has 0 fully saturated rings. The number of hydrogen-bond acceptors (Lipinski definition) is 2. The van der Waals surface area contributed by atoms with Crippen LogP contribution in [0.2, 0.25) is 0 Å². The van der Waals surface area contributed by atoms with Crippen molar-refractivity contribution in [1.29, 1.82) is 0 Å². The SMILES string of the molecule is ClC1=COC2Nc3ccccc3C(Cl)=C12. The third-order valence-corrected chi connectivity index (χ3v) is 3.21. The first-order valence-electron chi connectivity index (χ1n) is 4.54. The van der Waals surface area contributed by atoms with E-state index in [0.29, 0.717) is 10.1 Å². The van der Waals surface area contributed by atoms with Gasteiger partial charge < -0.3 is 10.1 Å². The Bertz CT molecular complexity index is 493. The fraction of sp³-hybridized carbons (Fsp3) is 0.0909. The number of hydrogen-bond donors (Lipinski definition) is 1. The second kappa shape index (κ2) is 3.19. The van der Waals surface area contributed by atoms with Crippen LogP contribution in [0, 0.1) is 0 Å². The highest BCUT2D eigenvalue weighted by molar-refractivity contribution is 6.52. The maximum absolute atomic E-state index is 6.28. The summed E-state index contributed by atoms with van der Waals surface area (Å²) in [5.41, 5.74) is 2.75. The normalized spacial score (nSPS) is 22.5. The van der Waals surface area contributed by atoms with Crippen LogP contribution < -0.4 is 5.32 Å². The molecule has 0 spiro atoms. The van der Waals surface area contributed by atoms with Crippen molar-refractivity contribution >= 4 is 33.9 Å². The third-order valence-electron chi connectivity index (χ3n) is 2.51. The number of ether oxygens (including phenoxy) is 1. The lowest BCUT2D eigenvalue weighted by atomic mass is 10.0. The van der Waals surface area contributed by atoms with Gasteiger partial charge in [0.2, 0.25) is 0 Å². The van der Waals surface area contributed by atoms with Gasteiger partial charge in [-0.15, -0.1) is 0 Å². The van der Waals surface area contributed by atoms with Crippen LogP contribution in [0.25, 0.3) is 5.03 Å². The van der Waals surface area contributed by atoms with E-state index in [9.17, 15) is 0 Å². The zero-order valence-electron chi connectivity index (χ0n) is 7.63. The standard InChI is InChI=1S/C11H7Cl2NO/c12-7-5-15-11-9(7)10(13)6-3-1-2-4-8(6)14-11/h1-5,11,14H. The van der Waals surface area contributed by atoms with E-state index in [1.807, 2.05) is 24.3 Å². The highest BCUT2D eigenvalue weighted by atomic mass is 35.5. The van der Waals surface area contributed by atoms with Gasteiger partial charge in [0.1, 0.15) is 6.26 Å². The molecule has 1 aromatic rings. The Morgan fingerprint density at radius 1 is 1.20 bits per heavy atom. The lowest BCUT2D eigenvalue weighted by Crippen LogP contribution is -2.24. The highest BCUT2D eigenvalue weighted by Gasteiger charge is 2.32. The molecule has 1 aromatic carbocycles. The van der Waals surface area contributed by atoms with E-state index in [1.165, 1.54) is 6.26 Å². The summed E-state index contributed by atoms with van der Waals surface area (Å²) in [5, 5.41) is 4.44. The van der Waals surface area contributed by atoms with Crippen LogP contribution in [0.15, 0.2) is 41.1 Å². The Kier molecular flexibility index (Phi) is 1.94. The van der Waals surface area contributed by atoms with E-state index in [4.69, 9.17) is 27.9 Å². The first-order valence-corrected chi connectivity index (χ1v) is 5.30. The average molecular weight is 240 g/mol. The van der Waals surface area contributed by atoms with E-state index in [2.05, 4.69) is 5.32 Å². The summed E-state index contributed by atoms with van der Waals surface area (Å²) in [6, 6.07) is 7.81. The van der Waals surface area contributed by atoms with E-state index in [0.717, 1.165) is 16.8 Å². The maximum Gasteiger partial charge on any atom is 0.198 e. The number of rotatable bonds is 0. The van der Waals surface area contributed by atoms with Gasteiger partial charge in [-0.05, 0) is 6.07 Å². The molecule has 0 bridgehead atoms. The predicted molar refractivity (Wildman–Crippen MR) is 61.6 cm³/mol. The fourth-order valence-electron chi connectivity index (χ4n) is 1.80. The summed E-state index contributed by atoms with van der Waals surface area (Å²) in [4.78, 5) is 0.